The fraction of sp³-hybridized carbons (Fsp3) is 0.400. The molecule has 5 nitrogen and oxygen atoms in total. The third kappa shape index (κ3) is 3.66. The minimum atomic E-state index is 0.000640. The van der Waals surface area contributed by atoms with Crippen molar-refractivity contribution >= 4 is 5.91 Å². The Morgan fingerprint density at radius 2 is 1.96 bits per heavy atom. The van der Waals surface area contributed by atoms with Gasteiger partial charge in [0.15, 0.2) is 0 Å². The van der Waals surface area contributed by atoms with Gasteiger partial charge in [-0.25, -0.2) is 0 Å². The molecule has 0 spiro atoms. The van der Waals surface area contributed by atoms with Crippen LogP contribution in [0.2, 0.25) is 0 Å². The summed E-state index contributed by atoms with van der Waals surface area (Å²) >= 11 is 0. The smallest absolute Gasteiger partial charge is 0.225 e. The van der Waals surface area contributed by atoms with Crippen molar-refractivity contribution in [1.29, 1.82) is 0 Å². The summed E-state index contributed by atoms with van der Waals surface area (Å²) in [5, 5.41) is 6.56. The van der Waals surface area contributed by atoms with Crippen molar-refractivity contribution in [2.75, 3.05) is 13.1 Å². The van der Waals surface area contributed by atoms with Crippen LogP contribution in [0.15, 0.2) is 54.9 Å². The Morgan fingerprint density at radius 3 is 2.72 bits per heavy atom. The van der Waals surface area contributed by atoms with Crippen LogP contribution >= 0.6 is 0 Å². The van der Waals surface area contributed by atoms with Gasteiger partial charge in [0, 0.05) is 44.1 Å². The average molecular weight is 337 g/mol. The Morgan fingerprint density at radius 1 is 1.12 bits per heavy atom. The Labute approximate surface area is 147 Å². The van der Waals surface area contributed by atoms with E-state index in [1.165, 1.54) is 5.56 Å². The molecule has 1 aromatic heterocycles. The summed E-state index contributed by atoms with van der Waals surface area (Å²) in [7, 11) is 0. The van der Waals surface area contributed by atoms with Gasteiger partial charge in [0.05, 0.1) is 12.1 Å². The van der Waals surface area contributed by atoms with Crippen molar-refractivity contribution < 1.29 is 9.53 Å². The molecule has 2 aromatic rings. The summed E-state index contributed by atoms with van der Waals surface area (Å²) in [6.07, 6.45) is 5.34. The van der Waals surface area contributed by atoms with E-state index in [9.17, 15) is 4.79 Å². The molecule has 0 bridgehead atoms. The number of carbonyl (C=O) groups excluding carboxylic acids is 1. The maximum Gasteiger partial charge on any atom is 0.225 e. The van der Waals surface area contributed by atoms with Crippen molar-refractivity contribution in [3.63, 3.8) is 0 Å². The zero-order chi connectivity index (χ0) is 17.1. The highest BCUT2D eigenvalue weighted by Crippen LogP contribution is 2.30. The normalized spacial score (nSPS) is 28.2. The van der Waals surface area contributed by atoms with Crippen LogP contribution < -0.4 is 15.4 Å². The van der Waals surface area contributed by atoms with Crippen LogP contribution in [0.5, 0.6) is 5.75 Å². The van der Waals surface area contributed by atoms with Gasteiger partial charge in [-0.2, -0.15) is 0 Å². The minimum absolute atomic E-state index is 0.000640. The number of hydrogen-bond acceptors (Lipinski definition) is 4. The molecule has 1 saturated heterocycles. The van der Waals surface area contributed by atoms with Crippen LogP contribution in [0.3, 0.4) is 0 Å². The van der Waals surface area contributed by atoms with E-state index in [1.807, 2.05) is 30.3 Å². The van der Waals surface area contributed by atoms with E-state index in [0.29, 0.717) is 0 Å². The molecule has 1 aliphatic carbocycles. The quantitative estimate of drug-likeness (QED) is 0.877. The lowest BCUT2D eigenvalue weighted by Crippen LogP contribution is -2.51. The molecule has 25 heavy (non-hydrogen) atoms. The lowest BCUT2D eigenvalue weighted by molar-refractivity contribution is -0.126. The lowest BCUT2D eigenvalue weighted by atomic mass is 9.85. The van der Waals surface area contributed by atoms with Crippen molar-refractivity contribution in [2.24, 2.45) is 5.92 Å². The van der Waals surface area contributed by atoms with E-state index in [1.54, 1.807) is 12.4 Å². The first-order valence-corrected chi connectivity index (χ1v) is 8.92. The second kappa shape index (κ2) is 7.23. The first kappa shape index (κ1) is 16.1. The van der Waals surface area contributed by atoms with Crippen LogP contribution in [-0.4, -0.2) is 36.1 Å². The standard InChI is InChI=1S/C20H23N3O2/c24-20(19-13-22-12-18(19)14-5-2-1-3-6-14)23-15-9-17(10-15)25-16-7-4-8-21-11-16/h1-8,11,15,17-19,22H,9-10,12-13H2,(H,23,24)/t15?,17?,18-,19+/m0/s1. The predicted octanol–water partition coefficient (Wildman–Crippen LogP) is 2.11. The van der Waals surface area contributed by atoms with Crippen LogP contribution in [0, 0.1) is 5.92 Å². The lowest BCUT2D eigenvalue weighted by Gasteiger charge is -2.36. The molecule has 2 atom stereocenters. The molecule has 2 heterocycles. The van der Waals surface area contributed by atoms with Gasteiger partial charge in [-0.05, 0) is 17.7 Å². The molecule has 1 amide bonds. The molecule has 1 saturated carbocycles. The zero-order valence-corrected chi connectivity index (χ0v) is 14.1. The maximum atomic E-state index is 12.7. The SMILES string of the molecule is O=C(NC1CC(Oc2cccnc2)C1)[C@@H]1CNC[C@H]1c1ccccc1. The highest BCUT2D eigenvalue weighted by atomic mass is 16.5. The molecule has 5 heteroatoms. The Bertz CT molecular complexity index is 701. The van der Waals surface area contributed by atoms with E-state index >= 15 is 0 Å². The summed E-state index contributed by atoms with van der Waals surface area (Å²) in [6.45, 7) is 1.60. The molecular weight excluding hydrogens is 314 g/mol. The average Bonchev–Trinajstić information content (AvgIpc) is 3.11. The zero-order valence-electron chi connectivity index (χ0n) is 14.1. The molecule has 1 aromatic carbocycles. The highest BCUT2D eigenvalue weighted by molar-refractivity contribution is 5.81. The number of amides is 1. The number of rotatable bonds is 5. The molecule has 1 aliphatic heterocycles. The van der Waals surface area contributed by atoms with Gasteiger partial charge in [0.2, 0.25) is 5.91 Å². The molecule has 2 N–H and O–H groups in total. The van der Waals surface area contributed by atoms with Gasteiger partial charge >= 0.3 is 0 Å². The maximum absolute atomic E-state index is 12.7. The number of pyridine rings is 1. The van der Waals surface area contributed by atoms with Crippen LogP contribution in [0.1, 0.15) is 24.3 Å². The number of ether oxygens (including phenoxy) is 1. The van der Waals surface area contributed by atoms with E-state index in [4.69, 9.17) is 4.74 Å². The molecule has 0 unspecified atom stereocenters. The Balaban J connectivity index is 1.28. The number of benzene rings is 1. The number of aromatic nitrogens is 1. The minimum Gasteiger partial charge on any atom is -0.489 e. The Kier molecular flexibility index (Phi) is 4.65. The predicted molar refractivity (Wildman–Crippen MR) is 95.4 cm³/mol. The first-order valence-electron chi connectivity index (χ1n) is 8.92. The van der Waals surface area contributed by atoms with E-state index < -0.39 is 0 Å². The van der Waals surface area contributed by atoms with Gasteiger partial charge in [0.25, 0.3) is 0 Å². The number of carbonyl (C=O) groups is 1. The van der Waals surface area contributed by atoms with Crippen LogP contribution in [-0.2, 0) is 4.79 Å². The van der Waals surface area contributed by atoms with Crippen LogP contribution in [0.25, 0.3) is 0 Å². The van der Waals surface area contributed by atoms with Gasteiger partial charge in [-0.1, -0.05) is 30.3 Å². The fourth-order valence-corrected chi connectivity index (χ4v) is 3.70. The van der Waals surface area contributed by atoms with Crippen molar-refractivity contribution in [1.82, 2.24) is 15.6 Å². The summed E-state index contributed by atoms with van der Waals surface area (Å²) < 4.78 is 5.85. The summed E-state index contributed by atoms with van der Waals surface area (Å²) in [5.74, 6) is 1.20. The topological polar surface area (TPSA) is 63.2 Å². The molecule has 130 valence electrons. The fourth-order valence-electron chi connectivity index (χ4n) is 3.70. The van der Waals surface area contributed by atoms with E-state index in [2.05, 4.69) is 27.8 Å². The van der Waals surface area contributed by atoms with E-state index in [-0.39, 0.29) is 29.9 Å². The number of nitrogens with zero attached hydrogens (tertiary/aromatic N) is 1. The molecule has 2 fully saturated rings. The molecule has 0 radical (unpaired) electrons. The summed E-state index contributed by atoms with van der Waals surface area (Å²) in [5.41, 5.74) is 1.24. The third-order valence-corrected chi connectivity index (χ3v) is 5.16. The van der Waals surface area contributed by atoms with Crippen molar-refractivity contribution in [3.05, 3.63) is 60.4 Å². The third-order valence-electron chi connectivity index (χ3n) is 5.16. The number of nitrogens with one attached hydrogen (secondary N) is 2. The van der Waals surface area contributed by atoms with Crippen molar-refractivity contribution in [2.45, 2.75) is 30.9 Å². The molecule has 4 rings (SSSR count). The first-order chi connectivity index (χ1) is 12.3. The van der Waals surface area contributed by atoms with Gasteiger partial charge in [0.1, 0.15) is 11.9 Å². The van der Waals surface area contributed by atoms with Gasteiger partial charge < -0.3 is 15.4 Å². The summed E-state index contributed by atoms with van der Waals surface area (Å²) in [4.78, 5) is 16.7. The Hall–Kier alpha value is -2.40. The van der Waals surface area contributed by atoms with Gasteiger partial charge in [-0.3, -0.25) is 9.78 Å². The monoisotopic (exact) mass is 337 g/mol. The largest absolute Gasteiger partial charge is 0.489 e. The molecule has 2 aliphatic rings. The summed E-state index contributed by atoms with van der Waals surface area (Å²) in [6, 6.07) is 14.3. The van der Waals surface area contributed by atoms with Gasteiger partial charge in [-0.15, -0.1) is 0 Å². The van der Waals surface area contributed by atoms with E-state index in [0.717, 1.165) is 31.7 Å². The second-order valence-electron chi connectivity index (χ2n) is 6.89. The second-order valence-corrected chi connectivity index (χ2v) is 6.89. The molecular formula is C20H23N3O2. The highest BCUT2D eigenvalue weighted by Gasteiger charge is 2.38. The van der Waals surface area contributed by atoms with Crippen LogP contribution in [0.4, 0.5) is 0 Å². The van der Waals surface area contributed by atoms with Crippen molar-refractivity contribution in [3.8, 4) is 5.75 Å². The number of hydrogen-bond donors (Lipinski definition) is 2.